The number of allylic oxidation sites excluding steroid dienone is 1. The lowest BCUT2D eigenvalue weighted by atomic mass is 9.61. The summed E-state index contributed by atoms with van der Waals surface area (Å²) in [4.78, 5) is 0. The van der Waals surface area contributed by atoms with Crippen LogP contribution in [0.15, 0.2) is 11.6 Å². The molecule has 2 nitrogen and oxygen atoms in total. The van der Waals surface area contributed by atoms with Crippen molar-refractivity contribution in [3.8, 4) is 0 Å². The van der Waals surface area contributed by atoms with Crippen molar-refractivity contribution in [1.82, 2.24) is 0 Å². The highest BCUT2D eigenvalue weighted by molar-refractivity contribution is 5.24. The number of hydrogen-bond donors (Lipinski definition) is 2. The van der Waals surface area contributed by atoms with E-state index in [0.717, 1.165) is 12.8 Å². The molecular formula is C12H20O2. The van der Waals surface area contributed by atoms with E-state index in [4.69, 9.17) is 0 Å². The summed E-state index contributed by atoms with van der Waals surface area (Å²) in [5, 5.41) is 19.3. The fourth-order valence-corrected chi connectivity index (χ4v) is 3.16. The molecule has 0 spiro atoms. The molecule has 4 atom stereocenters. The van der Waals surface area contributed by atoms with Crippen LogP contribution in [0.5, 0.6) is 0 Å². The lowest BCUT2D eigenvalue weighted by Crippen LogP contribution is -2.41. The predicted molar refractivity (Wildman–Crippen MR) is 55.8 cm³/mol. The summed E-state index contributed by atoms with van der Waals surface area (Å²) in [6.07, 6.45) is 5.06. The molecule has 0 aliphatic heterocycles. The van der Waals surface area contributed by atoms with Gasteiger partial charge in [-0.3, -0.25) is 0 Å². The molecule has 0 unspecified atom stereocenters. The van der Waals surface area contributed by atoms with Gasteiger partial charge in [0.1, 0.15) is 0 Å². The second-order valence-corrected chi connectivity index (χ2v) is 5.24. The number of aliphatic hydroxyl groups excluding tert-OH is 2. The molecule has 2 heteroatoms. The van der Waals surface area contributed by atoms with Crippen LogP contribution in [0.1, 0.15) is 39.5 Å². The Morgan fingerprint density at radius 3 is 2.86 bits per heavy atom. The zero-order valence-electron chi connectivity index (χ0n) is 9.03. The lowest BCUT2D eigenvalue weighted by Gasteiger charge is -2.45. The van der Waals surface area contributed by atoms with Crippen LogP contribution in [-0.2, 0) is 0 Å². The Balaban J connectivity index is 2.32. The first-order valence-electron chi connectivity index (χ1n) is 5.61. The second kappa shape index (κ2) is 3.35. The summed E-state index contributed by atoms with van der Waals surface area (Å²) in [6.45, 7) is 4.46. The third-order valence-electron chi connectivity index (χ3n) is 4.00. The molecule has 0 aromatic heterocycles. The van der Waals surface area contributed by atoms with Crippen LogP contribution in [0.25, 0.3) is 0 Å². The first-order valence-corrected chi connectivity index (χ1v) is 5.61. The van der Waals surface area contributed by atoms with Crippen LogP contribution >= 0.6 is 0 Å². The molecule has 80 valence electrons. The SMILES string of the molecule is C[C@H]1CCC[C@]2(C)C[C@@H](O)[C@@H](O)C=C12. The molecule has 0 saturated heterocycles. The first kappa shape index (κ1) is 10.2. The third kappa shape index (κ3) is 1.51. The number of hydrogen-bond acceptors (Lipinski definition) is 2. The Labute approximate surface area is 85.6 Å². The first-order chi connectivity index (χ1) is 6.53. The van der Waals surface area contributed by atoms with E-state index in [2.05, 4.69) is 13.8 Å². The van der Waals surface area contributed by atoms with Crippen molar-refractivity contribution in [3.63, 3.8) is 0 Å². The topological polar surface area (TPSA) is 40.5 Å². The van der Waals surface area contributed by atoms with Gasteiger partial charge in [0, 0.05) is 0 Å². The minimum absolute atomic E-state index is 0.149. The van der Waals surface area contributed by atoms with Gasteiger partial charge in [0.2, 0.25) is 0 Å². The van der Waals surface area contributed by atoms with Crippen LogP contribution in [0.4, 0.5) is 0 Å². The molecule has 0 amide bonds. The monoisotopic (exact) mass is 196 g/mol. The minimum atomic E-state index is -0.640. The van der Waals surface area contributed by atoms with E-state index in [1.165, 1.54) is 18.4 Å². The van der Waals surface area contributed by atoms with E-state index in [1.807, 2.05) is 6.08 Å². The summed E-state index contributed by atoms with van der Waals surface area (Å²) in [7, 11) is 0. The fraction of sp³-hybridized carbons (Fsp3) is 0.833. The highest BCUT2D eigenvalue weighted by Crippen LogP contribution is 2.49. The highest BCUT2D eigenvalue weighted by Gasteiger charge is 2.41. The zero-order chi connectivity index (χ0) is 10.3. The quantitative estimate of drug-likeness (QED) is 0.581. The van der Waals surface area contributed by atoms with E-state index in [1.54, 1.807) is 0 Å². The second-order valence-electron chi connectivity index (χ2n) is 5.24. The van der Waals surface area contributed by atoms with E-state index >= 15 is 0 Å². The molecule has 2 N–H and O–H groups in total. The Bertz CT molecular complexity index is 259. The number of fused-ring (bicyclic) bond motifs is 1. The maximum atomic E-state index is 9.67. The van der Waals surface area contributed by atoms with Crippen molar-refractivity contribution in [1.29, 1.82) is 0 Å². The Hall–Kier alpha value is -0.340. The highest BCUT2D eigenvalue weighted by atomic mass is 16.3. The number of aliphatic hydroxyl groups is 2. The average Bonchev–Trinajstić information content (AvgIpc) is 2.09. The Morgan fingerprint density at radius 1 is 1.43 bits per heavy atom. The van der Waals surface area contributed by atoms with Crippen molar-refractivity contribution in [2.24, 2.45) is 11.3 Å². The van der Waals surface area contributed by atoms with Gasteiger partial charge in [-0.1, -0.05) is 31.9 Å². The fourth-order valence-electron chi connectivity index (χ4n) is 3.16. The largest absolute Gasteiger partial charge is 0.390 e. The van der Waals surface area contributed by atoms with Crippen molar-refractivity contribution in [2.75, 3.05) is 0 Å². The van der Waals surface area contributed by atoms with E-state index in [0.29, 0.717) is 5.92 Å². The van der Waals surface area contributed by atoms with E-state index in [9.17, 15) is 10.2 Å². The normalized spacial score (nSPS) is 48.3. The van der Waals surface area contributed by atoms with Crippen molar-refractivity contribution in [2.45, 2.75) is 51.7 Å². The van der Waals surface area contributed by atoms with Crippen LogP contribution in [0, 0.1) is 11.3 Å². The van der Waals surface area contributed by atoms with Crippen molar-refractivity contribution >= 4 is 0 Å². The van der Waals surface area contributed by atoms with Gasteiger partial charge in [0.05, 0.1) is 12.2 Å². The average molecular weight is 196 g/mol. The minimum Gasteiger partial charge on any atom is -0.390 e. The molecule has 1 fully saturated rings. The van der Waals surface area contributed by atoms with Crippen LogP contribution in [0.2, 0.25) is 0 Å². The maximum absolute atomic E-state index is 9.67. The third-order valence-corrected chi connectivity index (χ3v) is 4.00. The molecule has 2 aliphatic carbocycles. The summed E-state index contributed by atoms with van der Waals surface area (Å²) < 4.78 is 0. The lowest BCUT2D eigenvalue weighted by molar-refractivity contribution is 0.000163. The van der Waals surface area contributed by atoms with E-state index in [-0.39, 0.29) is 5.41 Å². The van der Waals surface area contributed by atoms with Crippen LogP contribution < -0.4 is 0 Å². The van der Waals surface area contributed by atoms with Gasteiger partial charge in [-0.2, -0.15) is 0 Å². The van der Waals surface area contributed by atoms with Gasteiger partial charge >= 0.3 is 0 Å². The summed E-state index contributed by atoms with van der Waals surface area (Å²) >= 11 is 0. The Morgan fingerprint density at radius 2 is 2.14 bits per heavy atom. The molecule has 14 heavy (non-hydrogen) atoms. The van der Waals surface area contributed by atoms with Crippen LogP contribution in [-0.4, -0.2) is 22.4 Å². The molecule has 1 saturated carbocycles. The van der Waals surface area contributed by atoms with E-state index < -0.39 is 12.2 Å². The van der Waals surface area contributed by atoms with Gasteiger partial charge in [-0.25, -0.2) is 0 Å². The molecule has 2 aliphatic rings. The molecule has 0 aromatic rings. The smallest absolute Gasteiger partial charge is 0.0983 e. The standard InChI is InChI=1S/C12H20O2/c1-8-4-3-5-12(2)7-11(14)10(13)6-9(8)12/h6,8,10-11,13-14H,3-5,7H2,1-2H3/t8-,10-,11+,12+/m0/s1. The van der Waals surface area contributed by atoms with Gasteiger partial charge in [-0.05, 0) is 30.6 Å². The van der Waals surface area contributed by atoms with Crippen molar-refractivity contribution in [3.05, 3.63) is 11.6 Å². The van der Waals surface area contributed by atoms with Gasteiger partial charge in [0.25, 0.3) is 0 Å². The molecule has 0 bridgehead atoms. The maximum Gasteiger partial charge on any atom is 0.0983 e. The molecule has 2 rings (SSSR count). The summed E-state index contributed by atoms with van der Waals surface area (Å²) in [6, 6.07) is 0. The molecular weight excluding hydrogens is 176 g/mol. The van der Waals surface area contributed by atoms with Gasteiger partial charge in [-0.15, -0.1) is 0 Å². The number of rotatable bonds is 0. The Kier molecular flexibility index (Phi) is 2.44. The zero-order valence-corrected chi connectivity index (χ0v) is 9.03. The van der Waals surface area contributed by atoms with Gasteiger partial charge in [0.15, 0.2) is 0 Å². The molecule has 0 radical (unpaired) electrons. The molecule has 0 aromatic carbocycles. The van der Waals surface area contributed by atoms with Gasteiger partial charge < -0.3 is 10.2 Å². The van der Waals surface area contributed by atoms with Crippen molar-refractivity contribution < 1.29 is 10.2 Å². The summed E-state index contributed by atoms with van der Waals surface area (Å²) in [5.74, 6) is 0.580. The summed E-state index contributed by atoms with van der Waals surface area (Å²) in [5.41, 5.74) is 1.53. The molecule has 0 heterocycles. The predicted octanol–water partition coefficient (Wildman–Crippen LogP) is 1.86. The van der Waals surface area contributed by atoms with Crippen LogP contribution in [0.3, 0.4) is 0 Å².